The van der Waals surface area contributed by atoms with Crippen LogP contribution in [0.25, 0.3) is 16.7 Å². The fraction of sp³-hybridized carbons (Fsp3) is 0. The van der Waals surface area contributed by atoms with Gasteiger partial charge in [0, 0.05) is 24.1 Å². The number of pyridine rings is 1. The Morgan fingerprint density at radius 1 is 0.789 bits per heavy atom. The van der Waals surface area contributed by atoms with E-state index in [2.05, 4.69) is 15.4 Å². The van der Waals surface area contributed by atoms with E-state index in [1.807, 2.05) is 60.9 Å². The highest BCUT2D eigenvalue weighted by molar-refractivity contribution is 5.58. The number of hydrogen-bond acceptors (Lipinski definition) is 2. The summed E-state index contributed by atoms with van der Waals surface area (Å²) in [6.07, 6.45) is 7.11. The largest absolute Gasteiger partial charge is 0.435 e. The van der Waals surface area contributed by atoms with Gasteiger partial charge in [-0.15, -0.1) is 0 Å². The first kappa shape index (κ1) is 11.3. The lowest BCUT2D eigenvalue weighted by molar-refractivity contribution is -0.619. The van der Waals surface area contributed by atoms with Crippen LogP contribution in [0.3, 0.4) is 0 Å². The third-order valence-electron chi connectivity index (χ3n) is 2.63. The van der Waals surface area contributed by atoms with Gasteiger partial charge < -0.3 is 4.98 Å². The number of aromatic nitrogens is 3. The van der Waals surface area contributed by atoms with Crippen LogP contribution in [0.5, 0.6) is 0 Å². The molecule has 0 N–H and O–H groups in total. The molecule has 0 bridgehead atoms. The Morgan fingerprint density at radius 3 is 2.21 bits per heavy atom. The first-order valence-electron chi connectivity index (χ1n) is 5.97. The van der Waals surface area contributed by atoms with Crippen molar-refractivity contribution in [3.63, 3.8) is 0 Å². The molecule has 0 saturated carbocycles. The maximum Gasteiger partial charge on any atom is 0.182 e. The van der Waals surface area contributed by atoms with E-state index < -0.39 is 0 Å². The van der Waals surface area contributed by atoms with Crippen molar-refractivity contribution >= 4 is 5.82 Å². The van der Waals surface area contributed by atoms with Gasteiger partial charge in [-0.2, -0.15) is 10.1 Å². The summed E-state index contributed by atoms with van der Waals surface area (Å²) in [5.74, 6) is 0.580. The van der Waals surface area contributed by atoms with E-state index in [9.17, 15) is 0 Å². The van der Waals surface area contributed by atoms with Gasteiger partial charge in [-0.05, 0) is 5.56 Å². The van der Waals surface area contributed by atoms with Gasteiger partial charge in [0.05, 0.1) is 5.69 Å². The van der Waals surface area contributed by atoms with Crippen LogP contribution in [0.1, 0.15) is 0 Å². The molecule has 3 aromatic rings. The van der Waals surface area contributed by atoms with E-state index in [0.717, 1.165) is 11.3 Å². The quantitative estimate of drug-likeness (QED) is 0.669. The molecular formula is C15H12N4. The lowest BCUT2D eigenvalue weighted by Gasteiger charge is -2.09. The fourth-order valence-electron chi connectivity index (χ4n) is 1.71. The van der Waals surface area contributed by atoms with Gasteiger partial charge in [0.2, 0.25) is 0 Å². The molecule has 0 aliphatic carbocycles. The molecule has 0 amide bonds. The monoisotopic (exact) mass is 248 g/mol. The molecule has 19 heavy (non-hydrogen) atoms. The summed E-state index contributed by atoms with van der Waals surface area (Å²) in [5.41, 5.74) is 6.21. The molecule has 4 heteroatoms. The van der Waals surface area contributed by atoms with Crippen molar-refractivity contribution in [1.29, 1.82) is 0 Å². The lowest BCUT2D eigenvalue weighted by Crippen LogP contribution is -2.26. The normalized spacial score (nSPS) is 10.1. The molecule has 0 saturated heterocycles. The van der Waals surface area contributed by atoms with Crippen molar-refractivity contribution in [1.82, 2.24) is 9.97 Å². The van der Waals surface area contributed by atoms with E-state index in [1.165, 1.54) is 0 Å². The second kappa shape index (κ2) is 5.27. The van der Waals surface area contributed by atoms with E-state index in [1.54, 1.807) is 17.1 Å². The van der Waals surface area contributed by atoms with Crippen LogP contribution in [0.2, 0.25) is 0 Å². The summed E-state index contributed by atoms with van der Waals surface area (Å²) in [4.78, 5) is 8.68. The molecule has 2 heterocycles. The van der Waals surface area contributed by atoms with Gasteiger partial charge in [-0.25, -0.2) is 0 Å². The van der Waals surface area contributed by atoms with Crippen LogP contribution in [-0.4, -0.2) is 9.97 Å². The van der Waals surface area contributed by atoms with E-state index >= 15 is 0 Å². The topological polar surface area (TPSA) is 43.8 Å². The van der Waals surface area contributed by atoms with Crippen molar-refractivity contribution in [3.8, 4) is 11.3 Å². The number of hydrogen-bond donors (Lipinski definition) is 0. The molecular weight excluding hydrogens is 236 g/mol. The zero-order valence-electron chi connectivity index (χ0n) is 10.2. The molecule has 0 spiro atoms. The average Bonchev–Trinajstić information content (AvgIpc) is 2.50. The molecule has 0 radical (unpaired) electrons. The minimum absolute atomic E-state index is 0.580. The molecule has 4 nitrogen and oxygen atoms in total. The number of benzene rings is 1. The molecule has 0 atom stereocenters. The Bertz CT molecular complexity index is 636. The predicted molar refractivity (Wildman–Crippen MR) is 72.5 cm³/mol. The first-order chi connectivity index (χ1) is 9.42. The number of nitrogens with zero attached hydrogens (tertiary/aromatic N) is 4. The summed E-state index contributed by atoms with van der Waals surface area (Å²) in [7, 11) is 0. The predicted octanol–water partition coefficient (Wildman–Crippen LogP) is 2.90. The van der Waals surface area contributed by atoms with Crippen LogP contribution in [-0.2, 0) is 0 Å². The van der Waals surface area contributed by atoms with Crippen molar-refractivity contribution in [2.75, 3.05) is 0 Å². The fourth-order valence-corrected chi connectivity index (χ4v) is 1.71. The SMILES string of the molecule is c1ccc(-c2cnc([N-][n+]3ccccc3)cn2)cc1. The van der Waals surface area contributed by atoms with Gasteiger partial charge in [-0.3, -0.25) is 4.98 Å². The molecule has 0 unspecified atom stereocenters. The Hall–Kier alpha value is -2.75. The zero-order chi connectivity index (χ0) is 12.9. The van der Waals surface area contributed by atoms with E-state index in [4.69, 9.17) is 0 Å². The maximum absolute atomic E-state index is 4.38. The van der Waals surface area contributed by atoms with Crippen LogP contribution in [0.4, 0.5) is 5.82 Å². The van der Waals surface area contributed by atoms with Gasteiger partial charge in [-0.1, -0.05) is 42.6 Å². The van der Waals surface area contributed by atoms with Crippen molar-refractivity contribution in [3.05, 3.63) is 78.7 Å². The molecule has 2 aromatic heterocycles. The minimum Gasteiger partial charge on any atom is -0.435 e. The summed E-state index contributed by atoms with van der Waals surface area (Å²) in [6, 6.07) is 15.7. The summed E-state index contributed by atoms with van der Waals surface area (Å²) in [6.45, 7) is 0. The Morgan fingerprint density at radius 2 is 1.53 bits per heavy atom. The standard InChI is InChI=1S/C15H12N4/c1-3-7-13(8-4-1)14-11-17-15(12-16-14)18-19-9-5-2-6-10-19/h1-12H. The first-order valence-corrected chi connectivity index (χ1v) is 5.97. The van der Waals surface area contributed by atoms with Gasteiger partial charge in [0.25, 0.3) is 0 Å². The minimum atomic E-state index is 0.580. The van der Waals surface area contributed by atoms with Gasteiger partial charge in [0.15, 0.2) is 12.4 Å². The zero-order valence-corrected chi connectivity index (χ0v) is 10.2. The molecule has 3 rings (SSSR count). The van der Waals surface area contributed by atoms with Crippen LogP contribution < -0.4 is 4.68 Å². The smallest absolute Gasteiger partial charge is 0.182 e. The third-order valence-corrected chi connectivity index (χ3v) is 2.63. The van der Waals surface area contributed by atoms with E-state index in [-0.39, 0.29) is 0 Å². The molecule has 0 aliphatic heterocycles. The molecule has 0 aliphatic rings. The Labute approximate surface area is 111 Å². The number of rotatable bonds is 3. The average molecular weight is 248 g/mol. The van der Waals surface area contributed by atoms with Crippen molar-refractivity contribution in [2.24, 2.45) is 0 Å². The van der Waals surface area contributed by atoms with Crippen LogP contribution in [0.15, 0.2) is 73.3 Å². The van der Waals surface area contributed by atoms with Crippen molar-refractivity contribution < 1.29 is 4.68 Å². The summed E-state index contributed by atoms with van der Waals surface area (Å²) >= 11 is 0. The molecule has 1 aromatic carbocycles. The van der Waals surface area contributed by atoms with Gasteiger partial charge >= 0.3 is 0 Å². The van der Waals surface area contributed by atoms with E-state index in [0.29, 0.717) is 5.82 Å². The Kier molecular flexibility index (Phi) is 3.14. The highest BCUT2D eigenvalue weighted by atomic mass is 15.4. The summed E-state index contributed by atoms with van der Waals surface area (Å²) in [5, 5.41) is 0. The lowest BCUT2D eigenvalue weighted by atomic mass is 10.2. The maximum atomic E-state index is 4.38. The van der Waals surface area contributed by atoms with Crippen LogP contribution >= 0.6 is 0 Å². The Balaban J connectivity index is 1.80. The summed E-state index contributed by atoms with van der Waals surface area (Å²) < 4.78 is 1.70. The van der Waals surface area contributed by atoms with Gasteiger partial charge in [0.1, 0.15) is 0 Å². The second-order valence-corrected chi connectivity index (χ2v) is 3.98. The second-order valence-electron chi connectivity index (χ2n) is 3.98. The highest BCUT2D eigenvalue weighted by Gasteiger charge is 1.97. The molecule has 0 fully saturated rings. The van der Waals surface area contributed by atoms with Crippen molar-refractivity contribution in [2.45, 2.75) is 0 Å². The highest BCUT2D eigenvalue weighted by Crippen LogP contribution is 2.17. The molecule has 92 valence electrons. The van der Waals surface area contributed by atoms with Crippen LogP contribution in [0, 0.1) is 0 Å². The third kappa shape index (κ3) is 2.74.